The largest absolute Gasteiger partial charge is 0.497 e. The number of amides is 1. The van der Waals surface area contributed by atoms with Gasteiger partial charge in [-0.15, -0.1) is 0 Å². The SMILES string of the molecule is COc1ccc(C(C)CC(=O)Nc2cccc(Cl)c2Cl)c(OC)c1. The highest BCUT2D eigenvalue weighted by molar-refractivity contribution is 6.43. The van der Waals surface area contributed by atoms with Crippen LogP contribution in [0.25, 0.3) is 0 Å². The van der Waals surface area contributed by atoms with Crippen molar-refractivity contribution >= 4 is 34.8 Å². The Morgan fingerprint density at radius 1 is 1.17 bits per heavy atom. The third-order valence-corrected chi connectivity index (χ3v) is 4.51. The van der Waals surface area contributed by atoms with Gasteiger partial charge in [0, 0.05) is 12.5 Å². The zero-order chi connectivity index (χ0) is 17.7. The van der Waals surface area contributed by atoms with Crippen molar-refractivity contribution in [3.05, 3.63) is 52.0 Å². The Morgan fingerprint density at radius 2 is 1.92 bits per heavy atom. The minimum Gasteiger partial charge on any atom is -0.497 e. The van der Waals surface area contributed by atoms with Gasteiger partial charge in [-0.05, 0) is 29.7 Å². The van der Waals surface area contributed by atoms with Crippen LogP contribution < -0.4 is 14.8 Å². The summed E-state index contributed by atoms with van der Waals surface area (Å²) in [5.74, 6) is 1.21. The monoisotopic (exact) mass is 367 g/mol. The van der Waals surface area contributed by atoms with Crippen LogP contribution in [0, 0.1) is 0 Å². The number of hydrogen-bond acceptors (Lipinski definition) is 3. The number of nitrogens with one attached hydrogen (secondary N) is 1. The molecule has 0 aliphatic rings. The van der Waals surface area contributed by atoms with E-state index in [9.17, 15) is 4.79 Å². The number of halogens is 2. The fourth-order valence-corrected chi connectivity index (χ4v) is 2.76. The maximum atomic E-state index is 12.3. The lowest BCUT2D eigenvalue weighted by Crippen LogP contribution is -2.15. The molecular formula is C18H19Cl2NO3. The summed E-state index contributed by atoms with van der Waals surface area (Å²) in [4.78, 5) is 12.3. The van der Waals surface area contributed by atoms with Crippen LogP contribution in [0.1, 0.15) is 24.8 Å². The van der Waals surface area contributed by atoms with Crippen LogP contribution >= 0.6 is 23.2 Å². The highest BCUT2D eigenvalue weighted by Gasteiger charge is 2.17. The Balaban J connectivity index is 2.10. The van der Waals surface area contributed by atoms with Crippen LogP contribution in [0.15, 0.2) is 36.4 Å². The molecular weight excluding hydrogens is 349 g/mol. The predicted octanol–water partition coefficient (Wildman–Crippen LogP) is 5.14. The van der Waals surface area contributed by atoms with E-state index in [0.717, 1.165) is 5.56 Å². The molecule has 2 rings (SSSR count). The summed E-state index contributed by atoms with van der Waals surface area (Å²) >= 11 is 12.0. The lowest BCUT2D eigenvalue weighted by molar-refractivity contribution is -0.116. The molecule has 0 saturated heterocycles. The van der Waals surface area contributed by atoms with Gasteiger partial charge in [-0.2, -0.15) is 0 Å². The second-order valence-electron chi connectivity index (χ2n) is 5.36. The van der Waals surface area contributed by atoms with Crippen LogP contribution in [-0.4, -0.2) is 20.1 Å². The third-order valence-electron chi connectivity index (χ3n) is 3.69. The highest BCUT2D eigenvalue weighted by Crippen LogP contribution is 2.33. The molecule has 24 heavy (non-hydrogen) atoms. The van der Waals surface area contributed by atoms with Crippen LogP contribution in [0.3, 0.4) is 0 Å². The number of carbonyl (C=O) groups is 1. The summed E-state index contributed by atoms with van der Waals surface area (Å²) in [5.41, 5.74) is 1.44. The second-order valence-corrected chi connectivity index (χ2v) is 6.15. The molecule has 128 valence electrons. The Kier molecular flexibility index (Phi) is 6.35. The predicted molar refractivity (Wildman–Crippen MR) is 97.7 cm³/mol. The molecule has 0 fully saturated rings. The van der Waals surface area contributed by atoms with Gasteiger partial charge in [0.1, 0.15) is 11.5 Å². The second kappa shape index (κ2) is 8.27. The molecule has 2 aromatic carbocycles. The van der Waals surface area contributed by atoms with E-state index in [2.05, 4.69) is 5.32 Å². The maximum Gasteiger partial charge on any atom is 0.225 e. The van der Waals surface area contributed by atoms with Gasteiger partial charge in [-0.3, -0.25) is 4.79 Å². The van der Waals surface area contributed by atoms with E-state index in [4.69, 9.17) is 32.7 Å². The van der Waals surface area contributed by atoms with E-state index in [0.29, 0.717) is 27.2 Å². The van der Waals surface area contributed by atoms with Gasteiger partial charge in [0.2, 0.25) is 5.91 Å². The standard InChI is InChI=1S/C18H19Cl2NO3/c1-11(13-8-7-12(23-2)10-16(13)24-3)9-17(22)21-15-6-4-5-14(19)18(15)20/h4-8,10-11H,9H2,1-3H3,(H,21,22). The fraction of sp³-hybridized carbons (Fsp3) is 0.278. The first-order chi connectivity index (χ1) is 11.5. The minimum atomic E-state index is -0.149. The molecule has 1 atom stereocenters. The summed E-state index contributed by atoms with van der Waals surface area (Å²) in [7, 11) is 3.19. The van der Waals surface area contributed by atoms with Gasteiger partial charge in [0.15, 0.2) is 0 Å². The van der Waals surface area contributed by atoms with E-state index in [1.54, 1.807) is 38.5 Å². The van der Waals surface area contributed by atoms with Gasteiger partial charge in [-0.25, -0.2) is 0 Å². The van der Waals surface area contributed by atoms with Crippen LogP contribution in [0.2, 0.25) is 10.0 Å². The van der Waals surface area contributed by atoms with Crippen molar-refractivity contribution in [2.45, 2.75) is 19.3 Å². The van der Waals surface area contributed by atoms with Crippen molar-refractivity contribution in [3.8, 4) is 11.5 Å². The van der Waals surface area contributed by atoms with Crippen molar-refractivity contribution in [1.29, 1.82) is 0 Å². The fourth-order valence-electron chi connectivity index (χ4n) is 2.42. The smallest absolute Gasteiger partial charge is 0.225 e. The molecule has 0 spiro atoms. The molecule has 0 aliphatic carbocycles. The van der Waals surface area contributed by atoms with Crippen molar-refractivity contribution in [1.82, 2.24) is 0 Å². The van der Waals surface area contributed by atoms with Crippen molar-refractivity contribution in [2.75, 3.05) is 19.5 Å². The van der Waals surface area contributed by atoms with Gasteiger partial charge < -0.3 is 14.8 Å². The van der Waals surface area contributed by atoms with Gasteiger partial charge in [0.05, 0.1) is 30.0 Å². The molecule has 1 amide bonds. The van der Waals surface area contributed by atoms with Gasteiger partial charge >= 0.3 is 0 Å². The number of carbonyl (C=O) groups excluding carboxylic acids is 1. The number of benzene rings is 2. The lowest BCUT2D eigenvalue weighted by Gasteiger charge is -2.17. The molecule has 0 aromatic heterocycles. The van der Waals surface area contributed by atoms with Crippen LogP contribution in [0.4, 0.5) is 5.69 Å². The Morgan fingerprint density at radius 3 is 2.58 bits per heavy atom. The first kappa shape index (κ1) is 18.4. The Hall–Kier alpha value is -1.91. The zero-order valence-corrected chi connectivity index (χ0v) is 15.2. The number of methoxy groups -OCH3 is 2. The molecule has 0 radical (unpaired) electrons. The van der Waals surface area contributed by atoms with Crippen LogP contribution in [-0.2, 0) is 4.79 Å². The Labute approximate surface area is 151 Å². The quantitative estimate of drug-likeness (QED) is 0.768. The average molecular weight is 368 g/mol. The number of hydrogen-bond donors (Lipinski definition) is 1. The van der Waals surface area contributed by atoms with E-state index >= 15 is 0 Å². The van der Waals surface area contributed by atoms with E-state index in [-0.39, 0.29) is 18.2 Å². The zero-order valence-electron chi connectivity index (χ0n) is 13.7. The first-order valence-corrected chi connectivity index (χ1v) is 8.17. The molecule has 4 nitrogen and oxygen atoms in total. The van der Waals surface area contributed by atoms with E-state index in [1.807, 2.05) is 19.1 Å². The number of rotatable bonds is 6. The molecule has 2 aromatic rings. The molecule has 0 aliphatic heterocycles. The molecule has 6 heteroatoms. The van der Waals surface area contributed by atoms with Crippen molar-refractivity contribution in [3.63, 3.8) is 0 Å². The normalized spacial score (nSPS) is 11.7. The topological polar surface area (TPSA) is 47.6 Å². The van der Waals surface area contributed by atoms with Gasteiger partial charge in [-0.1, -0.05) is 42.3 Å². The lowest BCUT2D eigenvalue weighted by atomic mass is 9.96. The molecule has 1 N–H and O–H groups in total. The summed E-state index contributed by atoms with van der Waals surface area (Å²) in [5, 5.41) is 3.53. The maximum absolute atomic E-state index is 12.3. The van der Waals surface area contributed by atoms with E-state index < -0.39 is 0 Å². The third kappa shape index (κ3) is 4.34. The number of ether oxygens (including phenoxy) is 2. The van der Waals surface area contributed by atoms with Gasteiger partial charge in [0.25, 0.3) is 0 Å². The average Bonchev–Trinajstić information content (AvgIpc) is 2.58. The number of anilines is 1. The van der Waals surface area contributed by atoms with Crippen molar-refractivity contribution in [2.24, 2.45) is 0 Å². The molecule has 0 bridgehead atoms. The summed E-state index contributed by atoms with van der Waals surface area (Å²) in [6.07, 6.45) is 0.283. The Bertz CT molecular complexity index is 734. The summed E-state index contributed by atoms with van der Waals surface area (Å²) < 4.78 is 10.6. The van der Waals surface area contributed by atoms with E-state index in [1.165, 1.54) is 0 Å². The van der Waals surface area contributed by atoms with Crippen LogP contribution in [0.5, 0.6) is 11.5 Å². The summed E-state index contributed by atoms with van der Waals surface area (Å²) in [6.45, 7) is 1.96. The molecule has 0 heterocycles. The first-order valence-electron chi connectivity index (χ1n) is 7.42. The minimum absolute atomic E-state index is 0.0381. The highest BCUT2D eigenvalue weighted by atomic mass is 35.5. The molecule has 0 saturated carbocycles. The molecule has 1 unspecified atom stereocenters. The van der Waals surface area contributed by atoms with Crippen molar-refractivity contribution < 1.29 is 14.3 Å². The summed E-state index contributed by atoms with van der Waals surface area (Å²) in [6, 6.07) is 10.7.